The second-order valence-corrected chi connectivity index (χ2v) is 4.91. The average molecular weight is 314 g/mol. The molecule has 2 aromatic rings. The van der Waals surface area contributed by atoms with E-state index in [4.69, 9.17) is 11.6 Å². The van der Waals surface area contributed by atoms with Crippen LogP contribution in [0.2, 0.25) is 5.02 Å². The minimum Gasteiger partial charge on any atom is -0.345 e. The minimum atomic E-state index is -1.67. The van der Waals surface area contributed by atoms with E-state index in [0.29, 0.717) is 11.1 Å². The molecule has 0 aliphatic carbocycles. The van der Waals surface area contributed by atoms with Crippen LogP contribution in [0, 0.1) is 17.5 Å². The number of carbonyl (C=O) groups is 1. The molecule has 0 saturated carbocycles. The maximum Gasteiger partial charge on any atom is 0.254 e. The zero-order valence-corrected chi connectivity index (χ0v) is 11.7. The van der Waals surface area contributed by atoms with Crippen LogP contribution in [-0.2, 0) is 0 Å². The van der Waals surface area contributed by atoms with E-state index in [1.54, 1.807) is 31.2 Å². The summed E-state index contributed by atoms with van der Waals surface area (Å²) in [6, 6.07) is 7.87. The Morgan fingerprint density at radius 2 is 1.67 bits per heavy atom. The molecule has 1 amide bonds. The summed E-state index contributed by atoms with van der Waals surface area (Å²) < 4.78 is 39.5. The monoisotopic (exact) mass is 313 g/mol. The lowest BCUT2D eigenvalue weighted by Crippen LogP contribution is -2.27. The van der Waals surface area contributed by atoms with Gasteiger partial charge in [-0.05, 0) is 36.8 Å². The number of carbonyl (C=O) groups excluding carboxylic acids is 1. The van der Waals surface area contributed by atoms with E-state index in [0.717, 1.165) is 11.6 Å². The Balaban J connectivity index is 2.18. The van der Waals surface area contributed by atoms with Gasteiger partial charge in [0.1, 0.15) is 0 Å². The molecule has 0 unspecified atom stereocenters. The summed E-state index contributed by atoms with van der Waals surface area (Å²) in [5.74, 6) is -5.33. The Hall–Kier alpha value is -2.01. The quantitative estimate of drug-likeness (QED) is 0.843. The number of benzene rings is 2. The summed E-state index contributed by atoms with van der Waals surface area (Å²) in [6.45, 7) is 1.68. The fourth-order valence-electron chi connectivity index (χ4n) is 1.81. The molecule has 2 nitrogen and oxygen atoms in total. The van der Waals surface area contributed by atoms with Gasteiger partial charge in [0.2, 0.25) is 0 Å². The van der Waals surface area contributed by atoms with Gasteiger partial charge in [0.25, 0.3) is 5.91 Å². The first-order chi connectivity index (χ1) is 9.90. The third-order valence-electron chi connectivity index (χ3n) is 3.00. The van der Waals surface area contributed by atoms with E-state index < -0.39 is 35.0 Å². The Labute approximate surface area is 124 Å². The summed E-state index contributed by atoms with van der Waals surface area (Å²) in [5, 5.41) is 3.05. The molecule has 0 fully saturated rings. The van der Waals surface area contributed by atoms with Gasteiger partial charge in [-0.1, -0.05) is 23.7 Å². The van der Waals surface area contributed by atoms with Crippen LogP contribution < -0.4 is 5.32 Å². The molecule has 0 spiro atoms. The molecule has 0 aliphatic heterocycles. The minimum absolute atomic E-state index is 0.442. The van der Waals surface area contributed by atoms with Crippen LogP contribution in [0.25, 0.3) is 0 Å². The summed E-state index contributed by atoms with van der Waals surface area (Å²) >= 11 is 5.76. The molecule has 2 rings (SSSR count). The van der Waals surface area contributed by atoms with Crippen LogP contribution >= 0.6 is 11.6 Å². The standard InChI is InChI=1S/C15H11ClF3NO/c1-8(9-2-4-10(16)5-3-9)20-15(21)11-6-7-12(17)14(19)13(11)18/h2-8H,1H3,(H,20,21)/t8-/m0/s1. The number of halogens is 4. The molecule has 1 atom stereocenters. The van der Waals surface area contributed by atoms with Crippen molar-refractivity contribution in [2.24, 2.45) is 0 Å². The lowest BCUT2D eigenvalue weighted by molar-refractivity contribution is 0.0934. The summed E-state index contributed by atoms with van der Waals surface area (Å²) in [6.07, 6.45) is 0. The molecule has 6 heteroatoms. The first kappa shape index (κ1) is 15.4. The molecular weight excluding hydrogens is 303 g/mol. The highest BCUT2D eigenvalue weighted by Gasteiger charge is 2.20. The molecule has 0 heterocycles. The van der Waals surface area contributed by atoms with Crippen molar-refractivity contribution in [3.05, 3.63) is 70.0 Å². The van der Waals surface area contributed by atoms with Crippen LogP contribution in [0.1, 0.15) is 28.9 Å². The molecule has 0 bridgehead atoms. The average Bonchev–Trinajstić information content (AvgIpc) is 2.45. The lowest BCUT2D eigenvalue weighted by atomic mass is 10.1. The normalized spacial score (nSPS) is 12.0. The summed E-state index contributed by atoms with van der Waals surface area (Å²) in [5.41, 5.74) is 0.199. The first-order valence-electron chi connectivity index (χ1n) is 6.10. The van der Waals surface area contributed by atoms with Gasteiger partial charge in [-0.2, -0.15) is 0 Å². The van der Waals surface area contributed by atoms with Gasteiger partial charge in [0, 0.05) is 5.02 Å². The van der Waals surface area contributed by atoms with E-state index in [9.17, 15) is 18.0 Å². The second kappa shape index (κ2) is 6.18. The van der Waals surface area contributed by atoms with Gasteiger partial charge in [0.05, 0.1) is 11.6 Å². The van der Waals surface area contributed by atoms with Crippen molar-refractivity contribution in [2.75, 3.05) is 0 Å². The SMILES string of the molecule is C[C@H](NC(=O)c1ccc(F)c(F)c1F)c1ccc(Cl)cc1. The van der Waals surface area contributed by atoms with Gasteiger partial charge in [-0.15, -0.1) is 0 Å². The van der Waals surface area contributed by atoms with E-state index in [1.165, 1.54) is 0 Å². The second-order valence-electron chi connectivity index (χ2n) is 4.47. The van der Waals surface area contributed by atoms with Crippen LogP contribution in [0.5, 0.6) is 0 Å². The van der Waals surface area contributed by atoms with Gasteiger partial charge in [-0.25, -0.2) is 13.2 Å². The Morgan fingerprint density at radius 1 is 1.05 bits per heavy atom. The van der Waals surface area contributed by atoms with Crippen molar-refractivity contribution < 1.29 is 18.0 Å². The highest BCUT2D eigenvalue weighted by molar-refractivity contribution is 6.30. The van der Waals surface area contributed by atoms with Crippen molar-refractivity contribution in [1.82, 2.24) is 5.32 Å². The molecule has 2 aromatic carbocycles. The zero-order chi connectivity index (χ0) is 15.6. The maximum atomic E-state index is 13.5. The number of amides is 1. The first-order valence-corrected chi connectivity index (χ1v) is 6.47. The topological polar surface area (TPSA) is 29.1 Å². The summed E-state index contributed by atoms with van der Waals surface area (Å²) in [7, 11) is 0. The Kier molecular flexibility index (Phi) is 4.53. The summed E-state index contributed by atoms with van der Waals surface area (Å²) in [4.78, 5) is 11.9. The largest absolute Gasteiger partial charge is 0.345 e. The van der Waals surface area contributed by atoms with Crippen molar-refractivity contribution in [3.63, 3.8) is 0 Å². The van der Waals surface area contributed by atoms with Crippen molar-refractivity contribution in [1.29, 1.82) is 0 Å². The smallest absolute Gasteiger partial charge is 0.254 e. The molecule has 0 aromatic heterocycles. The maximum absolute atomic E-state index is 13.5. The van der Waals surface area contributed by atoms with E-state index in [1.807, 2.05) is 0 Å². The van der Waals surface area contributed by atoms with Crippen molar-refractivity contribution >= 4 is 17.5 Å². The van der Waals surface area contributed by atoms with Crippen LogP contribution in [-0.4, -0.2) is 5.91 Å². The lowest BCUT2D eigenvalue weighted by Gasteiger charge is -2.15. The third kappa shape index (κ3) is 3.36. The molecule has 21 heavy (non-hydrogen) atoms. The Bertz CT molecular complexity index is 673. The van der Waals surface area contributed by atoms with Crippen LogP contribution in [0.4, 0.5) is 13.2 Å². The number of nitrogens with one attached hydrogen (secondary N) is 1. The van der Waals surface area contributed by atoms with E-state index >= 15 is 0 Å². The molecule has 0 aliphatic rings. The van der Waals surface area contributed by atoms with Gasteiger partial charge in [-0.3, -0.25) is 4.79 Å². The van der Waals surface area contributed by atoms with Crippen LogP contribution in [0.3, 0.4) is 0 Å². The van der Waals surface area contributed by atoms with E-state index in [-0.39, 0.29) is 0 Å². The number of rotatable bonds is 3. The predicted octanol–water partition coefficient (Wildman–Crippen LogP) is 4.25. The predicted molar refractivity (Wildman–Crippen MR) is 73.6 cm³/mol. The third-order valence-corrected chi connectivity index (χ3v) is 3.25. The number of hydrogen-bond acceptors (Lipinski definition) is 1. The zero-order valence-electron chi connectivity index (χ0n) is 11.0. The Morgan fingerprint density at radius 3 is 2.29 bits per heavy atom. The van der Waals surface area contributed by atoms with Crippen molar-refractivity contribution in [2.45, 2.75) is 13.0 Å². The highest BCUT2D eigenvalue weighted by atomic mass is 35.5. The molecule has 0 saturated heterocycles. The fraction of sp³-hybridized carbons (Fsp3) is 0.133. The molecule has 0 radical (unpaired) electrons. The van der Waals surface area contributed by atoms with Gasteiger partial charge in [0.15, 0.2) is 17.5 Å². The molecule has 110 valence electrons. The highest BCUT2D eigenvalue weighted by Crippen LogP contribution is 2.19. The van der Waals surface area contributed by atoms with Gasteiger partial charge < -0.3 is 5.32 Å². The molecule has 1 N–H and O–H groups in total. The molecular formula is C15H11ClF3NO. The number of hydrogen-bond donors (Lipinski definition) is 1. The van der Waals surface area contributed by atoms with Crippen molar-refractivity contribution in [3.8, 4) is 0 Å². The van der Waals surface area contributed by atoms with E-state index in [2.05, 4.69) is 5.32 Å². The van der Waals surface area contributed by atoms with Crippen LogP contribution in [0.15, 0.2) is 36.4 Å². The fourth-order valence-corrected chi connectivity index (χ4v) is 1.94. The van der Waals surface area contributed by atoms with Gasteiger partial charge >= 0.3 is 0 Å².